The molecule has 0 saturated carbocycles. The summed E-state index contributed by atoms with van der Waals surface area (Å²) >= 11 is 10.8. The standard InChI is InChI=1S/C11H10ClN5O3S/c1-2-9-14-15-11(21)16(9)13-5-6-3-7(12)4-8(10(6)18)17(19)20/h3-5,18H,2H2,1H3,(H,15,21). The fourth-order valence-corrected chi connectivity index (χ4v) is 2.05. The van der Waals surface area contributed by atoms with Gasteiger partial charge in [-0.15, -0.1) is 0 Å². The zero-order chi connectivity index (χ0) is 15.6. The van der Waals surface area contributed by atoms with Gasteiger partial charge in [0.15, 0.2) is 5.82 Å². The van der Waals surface area contributed by atoms with Crippen LogP contribution in [0.3, 0.4) is 0 Å². The first kappa shape index (κ1) is 15.1. The van der Waals surface area contributed by atoms with E-state index in [1.807, 2.05) is 6.92 Å². The number of aromatic nitrogens is 3. The Kier molecular flexibility index (Phi) is 4.34. The van der Waals surface area contributed by atoms with E-state index < -0.39 is 16.4 Å². The third kappa shape index (κ3) is 3.09. The molecular formula is C11H10ClN5O3S. The molecular weight excluding hydrogens is 318 g/mol. The predicted molar refractivity (Wildman–Crippen MR) is 79.6 cm³/mol. The highest BCUT2D eigenvalue weighted by Gasteiger charge is 2.17. The number of nitrogens with one attached hydrogen (secondary N) is 1. The second kappa shape index (κ2) is 6.02. The summed E-state index contributed by atoms with van der Waals surface area (Å²) in [6.07, 6.45) is 1.82. The van der Waals surface area contributed by atoms with Crippen LogP contribution in [0.5, 0.6) is 5.75 Å². The highest BCUT2D eigenvalue weighted by molar-refractivity contribution is 7.71. The van der Waals surface area contributed by atoms with E-state index in [9.17, 15) is 15.2 Å². The molecule has 2 N–H and O–H groups in total. The Morgan fingerprint density at radius 3 is 3.00 bits per heavy atom. The topological polar surface area (TPSA) is 109 Å². The molecule has 8 nitrogen and oxygen atoms in total. The van der Waals surface area contributed by atoms with Crippen molar-refractivity contribution in [3.05, 3.63) is 43.4 Å². The molecule has 1 heterocycles. The van der Waals surface area contributed by atoms with Crippen molar-refractivity contribution >= 4 is 35.7 Å². The lowest BCUT2D eigenvalue weighted by atomic mass is 10.2. The highest BCUT2D eigenvalue weighted by atomic mass is 35.5. The number of nitrogens with zero attached hydrogens (tertiary/aromatic N) is 4. The van der Waals surface area contributed by atoms with Gasteiger partial charge in [-0.05, 0) is 18.3 Å². The monoisotopic (exact) mass is 327 g/mol. The fourth-order valence-electron chi connectivity index (χ4n) is 1.64. The first-order chi connectivity index (χ1) is 9.93. The molecule has 0 unspecified atom stereocenters. The van der Waals surface area contributed by atoms with Crippen LogP contribution in [-0.2, 0) is 6.42 Å². The lowest BCUT2D eigenvalue weighted by molar-refractivity contribution is -0.385. The van der Waals surface area contributed by atoms with Gasteiger partial charge in [0.1, 0.15) is 0 Å². The van der Waals surface area contributed by atoms with Crippen LogP contribution in [0.2, 0.25) is 5.02 Å². The van der Waals surface area contributed by atoms with Crippen molar-refractivity contribution in [2.45, 2.75) is 13.3 Å². The van der Waals surface area contributed by atoms with Gasteiger partial charge in [0.2, 0.25) is 10.5 Å². The van der Waals surface area contributed by atoms with E-state index in [1.165, 1.54) is 17.0 Å². The molecule has 0 aliphatic carbocycles. The Hall–Kier alpha value is -2.26. The van der Waals surface area contributed by atoms with Crippen molar-refractivity contribution in [3.63, 3.8) is 0 Å². The Balaban J connectivity index is 2.49. The number of aromatic amines is 1. The number of H-pyrrole nitrogens is 1. The summed E-state index contributed by atoms with van der Waals surface area (Å²) in [5.41, 5.74) is -0.380. The van der Waals surface area contributed by atoms with Crippen LogP contribution >= 0.6 is 23.8 Å². The number of halogens is 1. The normalized spacial score (nSPS) is 11.1. The molecule has 1 aromatic heterocycles. The van der Waals surface area contributed by atoms with Crippen molar-refractivity contribution in [1.82, 2.24) is 14.9 Å². The van der Waals surface area contributed by atoms with Gasteiger partial charge in [-0.3, -0.25) is 15.2 Å². The van der Waals surface area contributed by atoms with Gasteiger partial charge in [-0.1, -0.05) is 18.5 Å². The van der Waals surface area contributed by atoms with Gasteiger partial charge in [0, 0.05) is 23.1 Å². The molecule has 0 amide bonds. The third-order valence-corrected chi connectivity index (χ3v) is 3.11. The average Bonchev–Trinajstić information content (AvgIpc) is 2.79. The molecule has 0 saturated heterocycles. The predicted octanol–water partition coefficient (Wildman–Crippen LogP) is 2.65. The minimum absolute atomic E-state index is 0.111. The number of rotatable bonds is 4. The number of nitro benzene ring substituents is 1. The smallest absolute Gasteiger partial charge is 0.312 e. The van der Waals surface area contributed by atoms with E-state index in [1.54, 1.807) is 0 Å². The SMILES string of the molecule is CCc1n[nH]c(=S)n1N=Cc1cc(Cl)cc([N+](=O)[O-])c1O. The van der Waals surface area contributed by atoms with E-state index in [2.05, 4.69) is 15.3 Å². The quantitative estimate of drug-likeness (QED) is 0.388. The Morgan fingerprint density at radius 2 is 2.38 bits per heavy atom. The fraction of sp³-hybridized carbons (Fsp3) is 0.182. The van der Waals surface area contributed by atoms with Gasteiger partial charge in [0.05, 0.1) is 11.1 Å². The lowest BCUT2D eigenvalue weighted by Gasteiger charge is -2.02. The minimum atomic E-state index is -0.723. The van der Waals surface area contributed by atoms with Crippen LogP contribution in [-0.4, -0.2) is 31.1 Å². The van der Waals surface area contributed by atoms with E-state index >= 15 is 0 Å². The van der Waals surface area contributed by atoms with Crippen LogP contribution in [0.4, 0.5) is 5.69 Å². The number of phenolic OH excluding ortho intramolecular Hbond substituents is 1. The molecule has 0 fully saturated rings. The molecule has 2 rings (SSSR count). The number of aromatic hydroxyl groups is 1. The molecule has 0 radical (unpaired) electrons. The lowest BCUT2D eigenvalue weighted by Crippen LogP contribution is -1.98. The summed E-state index contributed by atoms with van der Waals surface area (Å²) in [5.74, 6) is 0.0773. The first-order valence-electron chi connectivity index (χ1n) is 5.81. The Bertz CT molecular complexity index is 783. The molecule has 1 aromatic carbocycles. The summed E-state index contributed by atoms with van der Waals surface area (Å²) in [4.78, 5) is 10.1. The van der Waals surface area contributed by atoms with Gasteiger partial charge < -0.3 is 5.11 Å². The molecule has 2 aromatic rings. The number of hydrogen-bond acceptors (Lipinski definition) is 6. The maximum Gasteiger partial charge on any atom is 0.312 e. The molecule has 21 heavy (non-hydrogen) atoms. The van der Waals surface area contributed by atoms with Gasteiger partial charge in [0.25, 0.3) is 0 Å². The zero-order valence-corrected chi connectivity index (χ0v) is 12.4. The van der Waals surface area contributed by atoms with Crippen molar-refractivity contribution < 1.29 is 10.0 Å². The molecule has 10 heteroatoms. The van der Waals surface area contributed by atoms with E-state index in [0.717, 1.165) is 6.07 Å². The summed E-state index contributed by atoms with van der Waals surface area (Å²) in [5, 5.41) is 31.4. The number of hydrogen-bond donors (Lipinski definition) is 2. The average molecular weight is 328 g/mol. The summed E-state index contributed by atoms with van der Waals surface area (Å²) in [6.45, 7) is 1.87. The summed E-state index contributed by atoms with van der Waals surface area (Å²) in [6, 6.07) is 2.43. The molecule has 0 aliphatic heterocycles. The van der Waals surface area contributed by atoms with E-state index in [4.69, 9.17) is 23.8 Å². The maximum absolute atomic E-state index is 10.8. The van der Waals surface area contributed by atoms with E-state index in [-0.39, 0.29) is 15.4 Å². The van der Waals surface area contributed by atoms with Crippen LogP contribution < -0.4 is 0 Å². The van der Waals surface area contributed by atoms with Crippen LogP contribution in [0, 0.1) is 14.9 Å². The van der Waals surface area contributed by atoms with Crippen molar-refractivity contribution in [2.75, 3.05) is 0 Å². The molecule has 110 valence electrons. The van der Waals surface area contributed by atoms with Crippen LogP contribution in [0.1, 0.15) is 18.3 Å². The van der Waals surface area contributed by atoms with Crippen LogP contribution in [0.25, 0.3) is 0 Å². The third-order valence-electron chi connectivity index (χ3n) is 2.63. The molecule has 0 atom stereocenters. The number of benzene rings is 1. The Labute approximate surface area is 128 Å². The zero-order valence-electron chi connectivity index (χ0n) is 10.8. The molecule has 0 spiro atoms. The number of phenols is 1. The number of aryl methyl sites for hydroxylation is 1. The minimum Gasteiger partial charge on any atom is -0.502 e. The van der Waals surface area contributed by atoms with Crippen molar-refractivity contribution in [3.8, 4) is 5.75 Å². The largest absolute Gasteiger partial charge is 0.502 e. The second-order valence-electron chi connectivity index (χ2n) is 3.97. The molecule has 0 bridgehead atoms. The van der Waals surface area contributed by atoms with Gasteiger partial charge >= 0.3 is 5.69 Å². The summed E-state index contributed by atoms with van der Waals surface area (Å²) in [7, 11) is 0. The first-order valence-corrected chi connectivity index (χ1v) is 6.60. The van der Waals surface area contributed by atoms with E-state index in [0.29, 0.717) is 12.2 Å². The van der Waals surface area contributed by atoms with Crippen LogP contribution in [0.15, 0.2) is 17.2 Å². The second-order valence-corrected chi connectivity index (χ2v) is 4.80. The summed E-state index contributed by atoms with van der Waals surface area (Å²) < 4.78 is 1.64. The van der Waals surface area contributed by atoms with Crippen molar-refractivity contribution in [1.29, 1.82) is 0 Å². The number of nitro groups is 1. The maximum atomic E-state index is 10.8. The highest BCUT2D eigenvalue weighted by Crippen LogP contribution is 2.32. The van der Waals surface area contributed by atoms with Gasteiger partial charge in [-0.25, -0.2) is 0 Å². The molecule has 0 aliphatic rings. The Morgan fingerprint density at radius 1 is 1.67 bits per heavy atom. The van der Waals surface area contributed by atoms with Gasteiger partial charge in [-0.2, -0.15) is 14.9 Å². The van der Waals surface area contributed by atoms with Crippen molar-refractivity contribution in [2.24, 2.45) is 5.10 Å².